The average Bonchev–Trinajstić information content (AvgIpc) is 2.70. The zero-order valence-electron chi connectivity index (χ0n) is 17.6. The molecule has 0 aliphatic heterocycles. The van der Waals surface area contributed by atoms with E-state index in [-0.39, 0.29) is 6.10 Å². The number of ether oxygens (including phenoxy) is 2. The van der Waals surface area contributed by atoms with Crippen LogP contribution in [0.5, 0.6) is 0 Å². The zero-order chi connectivity index (χ0) is 20.5. The molecule has 0 aliphatic rings. The Bertz CT molecular complexity index is 367. The molecule has 0 aromatic carbocycles. The molecule has 0 saturated heterocycles. The summed E-state index contributed by atoms with van der Waals surface area (Å²) in [6.45, 7) is 6.36. The lowest BCUT2D eigenvalue weighted by atomic mass is 10.0. The molecule has 9 heteroatoms. The van der Waals surface area contributed by atoms with Gasteiger partial charge >= 0.3 is 8.80 Å². The predicted octanol–water partition coefficient (Wildman–Crippen LogP) is 3.68. The fraction of sp³-hybridized carbons (Fsp3) is 0.944. The monoisotopic (exact) mass is 441 g/mol. The van der Waals surface area contributed by atoms with Gasteiger partial charge in [-0.15, -0.1) is 0 Å². The Morgan fingerprint density at radius 2 is 1.74 bits per heavy atom. The third kappa shape index (κ3) is 12.3. The maximum atomic E-state index is 5.85. The fourth-order valence-corrected chi connectivity index (χ4v) is 4.77. The van der Waals surface area contributed by atoms with Gasteiger partial charge in [0.05, 0.1) is 6.61 Å². The average molecular weight is 442 g/mol. The second kappa shape index (κ2) is 17.0. The van der Waals surface area contributed by atoms with Gasteiger partial charge in [0.25, 0.3) is 5.17 Å². The van der Waals surface area contributed by atoms with Crippen molar-refractivity contribution in [2.75, 3.05) is 46.8 Å². The van der Waals surface area contributed by atoms with Crippen molar-refractivity contribution in [3.8, 4) is 0 Å². The molecule has 0 rings (SSSR count). The fourth-order valence-electron chi connectivity index (χ4n) is 2.63. The lowest BCUT2D eigenvalue weighted by Crippen LogP contribution is -2.43. The Morgan fingerprint density at radius 1 is 1.07 bits per heavy atom. The summed E-state index contributed by atoms with van der Waals surface area (Å²) in [6.07, 6.45) is 5.49. The van der Waals surface area contributed by atoms with Crippen LogP contribution >= 0.6 is 24.8 Å². The zero-order valence-corrected chi connectivity index (χ0v) is 20.3. The van der Waals surface area contributed by atoms with Crippen molar-refractivity contribution in [3.05, 3.63) is 0 Å². The number of nitrogens with one attached hydrogen (secondary N) is 1. The Morgan fingerprint density at radius 3 is 2.26 bits per heavy atom. The van der Waals surface area contributed by atoms with E-state index in [9.17, 15) is 0 Å². The standard InChI is InChI=1S/C18H39NO5S2Si/c1-6-8-10-16(7-2)13-23-14-17(15-25)24-18(26)19-11-9-12-27(20-3,21-4)22-5/h16-17,25H,6-15H2,1-5H3,(H,19,26). The molecular weight excluding hydrogens is 402 g/mol. The van der Waals surface area contributed by atoms with Gasteiger partial charge in [-0.25, -0.2) is 0 Å². The summed E-state index contributed by atoms with van der Waals surface area (Å²) in [4.78, 5) is 0. The van der Waals surface area contributed by atoms with Crippen molar-refractivity contribution in [3.63, 3.8) is 0 Å². The van der Waals surface area contributed by atoms with E-state index in [4.69, 9.17) is 35.0 Å². The van der Waals surface area contributed by atoms with Crippen molar-refractivity contribution in [1.29, 1.82) is 0 Å². The molecule has 0 fully saturated rings. The van der Waals surface area contributed by atoms with Gasteiger partial charge in [-0.3, -0.25) is 0 Å². The predicted molar refractivity (Wildman–Crippen MR) is 120 cm³/mol. The van der Waals surface area contributed by atoms with Crippen molar-refractivity contribution in [2.24, 2.45) is 5.92 Å². The summed E-state index contributed by atoms with van der Waals surface area (Å²) in [5.41, 5.74) is 0. The third-order valence-electron chi connectivity index (χ3n) is 4.54. The van der Waals surface area contributed by atoms with E-state index in [1.165, 1.54) is 19.3 Å². The molecule has 162 valence electrons. The molecule has 0 saturated carbocycles. The quantitative estimate of drug-likeness (QED) is 0.155. The van der Waals surface area contributed by atoms with E-state index in [1.54, 1.807) is 21.3 Å². The summed E-state index contributed by atoms with van der Waals surface area (Å²) in [7, 11) is 2.32. The third-order valence-corrected chi connectivity index (χ3v) is 8.02. The van der Waals surface area contributed by atoms with Crippen molar-refractivity contribution < 1.29 is 22.8 Å². The molecule has 0 aromatic heterocycles. The lowest BCUT2D eigenvalue weighted by Gasteiger charge is -2.24. The molecule has 0 amide bonds. The van der Waals surface area contributed by atoms with E-state index in [2.05, 4.69) is 31.8 Å². The maximum Gasteiger partial charge on any atom is 0.500 e. The minimum atomic E-state index is -2.53. The Hall–Kier alpha value is 0.0969. The maximum absolute atomic E-state index is 5.85. The smallest absolute Gasteiger partial charge is 0.464 e. The van der Waals surface area contributed by atoms with E-state index < -0.39 is 8.80 Å². The van der Waals surface area contributed by atoms with Gasteiger partial charge in [-0.05, 0) is 31.0 Å². The number of hydrogen-bond acceptors (Lipinski definition) is 7. The molecule has 2 unspecified atom stereocenters. The number of unbranched alkanes of at least 4 members (excludes halogenated alkanes) is 1. The largest absolute Gasteiger partial charge is 0.500 e. The first-order chi connectivity index (χ1) is 13.0. The molecule has 6 nitrogen and oxygen atoms in total. The van der Waals surface area contributed by atoms with Gasteiger partial charge in [0, 0.05) is 46.3 Å². The minimum Gasteiger partial charge on any atom is -0.464 e. The number of rotatable bonds is 17. The van der Waals surface area contributed by atoms with Crippen molar-refractivity contribution in [2.45, 2.75) is 58.1 Å². The molecule has 0 heterocycles. The molecular formula is C18H39NO5S2Si. The SMILES string of the molecule is CCCCC(CC)COCC(CS)OC(=S)NCCC[Si](OC)(OC)OC. The van der Waals surface area contributed by atoms with Crippen LogP contribution in [0, 0.1) is 5.92 Å². The topological polar surface area (TPSA) is 58.2 Å². The molecule has 1 N–H and O–H groups in total. The highest BCUT2D eigenvalue weighted by atomic mass is 32.1. The van der Waals surface area contributed by atoms with Gasteiger partial charge in [-0.1, -0.05) is 33.1 Å². The summed E-state index contributed by atoms with van der Waals surface area (Å²) in [6, 6.07) is 0.710. The summed E-state index contributed by atoms with van der Waals surface area (Å²) in [5, 5.41) is 3.48. The van der Waals surface area contributed by atoms with Gasteiger partial charge < -0.3 is 28.1 Å². The Labute approximate surface area is 177 Å². The molecule has 0 aromatic rings. The molecule has 0 bridgehead atoms. The Kier molecular flexibility index (Phi) is 17.1. The van der Waals surface area contributed by atoms with Crippen LogP contribution in [-0.2, 0) is 22.8 Å². The van der Waals surface area contributed by atoms with Crippen LogP contribution in [-0.4, -0.2) is 66.9 Å². The highest BCUT2D eigenvalue weighted by Crippen LogP contribution is 2.15. The van der Waals surface area contributed by atoms with Crippen LogP contribution in [0.3, 0.4) is 0 Å². The molecule has 0 radical (unpaired) electrons. The summed E-state index contributed by atoms with van der Waals surface area (Å²) >= 11 is 9.61. The van der Waals surface area contributed by atoms with E-state index in [0.717, 1.165) is 19.4 Å². The first-order valence-electron chi connectivity index (χ1n) is 9.79. The van der Waals surface area contributed by atoms with E-state index >= 15 is 0 Å². The molecule has 2 atom stereocenters. The molecule has 0 aliphatic carbocycles. The normalized spacial score (nSPS) is 14.0. The van der Waals surface area contributed by atoms with E-state index in [0.29, 0.717) is 36.0 Å². The highest BCUT2D eigenvalue weighted by molar-refractivity contribution is 7.80. The van der Waals surface area contributed by atoms with Gasteiger partial charge in [-0.2, -0.15) is 12.6 Å². The first-order valence-corrected chi connectivity index (χ1v) is 12.8. The highest BCUT2D eigenvalue weighted by Gasteiger charge is 2.36. The van der Waals surface area contributed by atoms with Crippen LogP contribution in [0.4, 0.5) is 0 Å². The van der Waals surface area contributed by atoms with Gasteiger partial charge in [0.15, 0.2) is 0 Å². The molecule has 27 heavy (non-hydrogen) atoms. The number of hydrogen-bond donors (Lipinski definition) is 2. The number of thiol groups is 1. The first kappa shape index (κ1) is 27.1. The van der Waals surface area contributed by atoms with Crippen LogP contribution < -0.4 is 5.32 Å². The minimum absolute atomic E-state index is 0.151. The van der Waals surface area contributed by atoms with Crippen LogP contribution in [0.2, 0.25) is 6.04 Å². The Balaban J connectivity index is 4.05. The van der Waals surface area contributed by atoms with E-state index in [1.807, 2.05) is 0 Å². The van der Waals surface area contributed by atoms with Crippen LogP contribution in [0.1, 0.15) is 46.0 Å². The second-order valence-electron chi connectivity index (χ2n) is 6.49. The number of thiocarbonyl (C=S) groups is 1. The van der Waals surface area contributed by atoms with Crippen molar-refractivity contribution >= 4 is 38.8 Å². The summed E-state index contributed by atoms with van der Waals surface area (Å²) in [5.74, 6) is 1.17. The van der Waals surface area contributed by atoms with Crippen LogP contribution in [0.15, 0.2) is 0 Å². The van der Waals surface area contributed by atoms with Crippen molar-refractivity contribution in [1.82, 2.24) is 5.32 Å². The summed E-state index contributed by atoms with van der Waals surface area (Å²) < 4.78 is 27.8. The van der Waals surface area contributed by atoms with Crippen LogP contribution in [0.25, 0.3) is 0 Å². The lowest BCUT2D eigenvalue weighted by molar-refractivity contribution is 0.0339. The van der Waals surface area contributed by atoms with Gasteiger partial charge in [0.2, 0.25) is 0 Å². The second-order valence-corrected chi connectivity index (χ2v) is 10.3. The van der Waals surface area contributed by atoms with Gasteiger partial charge in [0.1, 0.15) is 6.10 Å². The molecule has 0 spiro atoms.